The maximum Gasteiger partial charge on any atom is 0.226 e. The second-order valence-corrected chi connectivity index (χ2v) is 5.42. The fourth-order valence-corrected chi connectivity index (χ4v) is 2.34. The molecule has 1 aliphatic rings. The Morgan fingerprint density at radius 3 is 2.74 bits per heavy atom. The van der Waals surface area contributed by atoms with Crippen LogP contribution in [0.1, 0.15) is 25.7 Å². The zero-order valence-electron chi connectivity index (χ0n) is 10.4. The molecule has 1 saturated carbocycles. The summed E-state index contributed by atoms with van der Waals surface area (Å²) in [6.07, 6.45) is 4.02. The van der Waals surface area contributed by atoms with Crippen molar-refractivity contribution >= 4 is 40.5 Å². The van der Waals surface area contributed by atoms with Gasteiger partial charge in [0.05, 0.1) is 35.5 Å². The number of hydrogen-bond acceptors (Lipinski definition) is 3. The lowest BCUT2D eigenvalue weighted by Crippen LogP contribution is -2.24. The Labute approximate surface area is 122 Å². The standard InChI is InChI=1S/C13H16Cl2N2O2/c14-8-6-10(15)13(11(16)7-8)17-12(18)4-5-19-9-2-1-3-9/h6-7,9H,1-5,16H2,(H,17,18). The molecule has 1 aromatic rings. The van der Waals surface area contributed by atoms with Gasteiger partial charge in [-0.25, -0.2) is 0 Å². The summed E-state index contributed by atoms with van der Waals surface area (Å²) >= 11 is 11.8. The summed E-state index contributed by atoms with van der Waals surface area (Å²) in [6.45, 7) is 0.418. The molecule has 1 amide bonds. The van der Waals surface area contributed by atoms with E-state index in [1.54, 1.807) is 12.1 Å². The van der Waals surface area contributed by atoms with Crippen LogP contribution in [0.25, 0.3) is 0 Å². The third-order valence-electron chi connectivity index (χ3n) is 3.08. The van der Waals surface area contributed by atoms with Crippen LogP contribution in [0.5, 0.6) is 0 Å². The van der Waals surface area contributed by atoms with Crippen LogP contribution in [-0.4, -0.2) is 18.6 Å². The first-order valence-electron chi connectivity index (χ1n) is 6.22. The monoisotopic (exact) mass is 302 g/mol. The molecule has 1 aromatic carbocycles. The molecule has 1 fully saturated rings. The van der Waals surface area contributed by atoms with Crippen LogP contribution in [0.3, 0.4) is 0 Å². The summed E-state index contributed by atoms with van der Waals surface area (Å²) in [5, 5.41) is 3.45. The molecule has 1 aliphatic carbocycles. The van der Waals surface area contributed by atoms with Crippen LogP contribution in [-0.2, 0) is 9.53 Å². The van der Waals surface area contributed by atoms with E-state index < -0.39 is 0 Å². The number of carbonyl (C=O) groups excluding carboxylic acids is 1. The van der Waals surface area contributed by atoms with Gasteiger partial charge in [-0.15, -0.1) is 0 Å². The lowest BCUT2D eigenvalue weighted by molar-refractivity contribution is -0.118. The van der Waals surface area contributed by atoms with E-state index in [0.717, 1.165) is 12.8 Å². The van der Waals surface area contributed by atoms with E-state index in [1.165, 1.54) is 6.42 Å². The molecule has 6 heteroatoms. The number of amides is 1. The number of nitrogen functional groups attached to an aromatic ring is 1. The van der Waals surface area contributed by atoms with Crippen molar-refractivity contribution in [3.05, 3.63) is 22.2 Å². The molecular weight excluding hydrogens is 287 g/mol. The third-order valence-corrected chi connectivity index (χ3v) is 3.60. The Balaban J connectivity index is 1.84. The predicted octanol–water partition coefficient (Wildman–Crippen LogP) is 3.47. The summed E-state index contributed by atoms with van der Waals surface area (Å²) in [7, 11) is 0. The number of halogens is 2. The number of rotatable bonds is 5. The van der Waals surface area contributed by atoms with Gasteiger partial charge in [0.1, 0.15) is 0 Å². The molecule has 0 bridgehead atoms. The molecule has 0 saturated heterocycles. The molecule has 0 aliphatic heterocycles. The van der Waals surface area contributed by atoms with Gasteiger partial charge in [-0.05, 0) is 31.4 Å². The van der Waals surface area contributed by atoms with Crippen molar-refractivity contribution in [1.82, 2.24) is 0 Å². The normalized spacial score (nSPS) is 15.1. The van der Waals surface area contributed by atoms with Gasteiger partial charge in [0.2, 0.25) is 5.91 Å². The Bertz CT molecular complexity index is 453. The van der Waals surface area contributed by atoms with Gasteiger partial charge < -0.3 is 15.8 Å². The predicted molar refractivity (Wildman–Crippen MR) is 77.7 cm³/mol. The lowest BCUT2D eigenvalue weighted by Gasteiger charge is -2.25. The second-order valence-electron chi connectivity index (χ2n) is 4.57. The zero-order chi connectivity index (χ0) is 13.8. The average molecular weight is 303 g/mol. The van der Waals surface area contributed by atoms with Gasteiger partial charge in [0, 0.05) is 5.02 Å². The SMILES string of the molecule is Nc1cc(Cl)cc(Cl)c1NC(=O)CCOC1CCC1. The minimum absolute atomic E-state index is 0.171. The highest BCUT2D eigenvalue weighted by Crippen LogP contribution is 2.32. The molecule has 0 aromatic heterocycles. The van der Waals surface area contributed by atoms with Gasteiger partial charge in [-0.3, -0.25) is 4.79 Å². The lowest BCUT2D eigenvalue weighted by atomic mass is 9.96. The van der Waals surface area contributed by atoms with Gasteiger partial charge in [-0.1, -0.05) is 23.2 Å². The van der Waals surface area contributed by atoms with Gasteiger partial charge in [0.15, 0.2) is 0 Å². The number of ether oxygens (including phenoxy) is 1. The number of nitrogens with one attached hydrogen (secondary N) is 1. The number of nitrogens with two attached hydrogens (primary N) is 1. The maximum absolute atomic E-state index is 11.8. The number of hydrogen-bond donors (Lipinski definition) is 2. The molecule has 19 heavy (non-hydrogen) atoms. The summed E-state index contributed by atoms with van der Waals surface area (Å²) < 4.78 is 5.52. The third kappa shape index (κ3) is 4.00. The first kappa shape index (κ1) is 14.4. The van der Waals surface area contributed by atoms with Gasteiger partial charge >= 0.3 is 0 Å². The molecule has 0 heterocycles. The highest BCUT2D eigenvalue weighted by atomic mass is 35.5. The van der Waals surface area contributed by atoms with E-state index in [9.17, 15) is 4.79 Å². The second kappa shape index (κ2) is 6.46. The minimum atomic E-state index is -0.171. The van der Waals surface area contributed by atoms with E-state index in [-0.39, 0.29) is 12.3 Å². The Morgan fingerprint density at radius 2 is 2.16 bits per heavy atom. The maximum atomic E-state index is 11.8. The molecule has 0 unspecified atom stereocenters. The van der Waals surface area contributed by atoms with Crippen molar-refractivity contribution in [2.45, 2.75) is 31.8 Å². The minimum Gasteiger partial charge on any atom is -0.397 e. The fraction of sp³-hybridized carbons (Fsp3) is 0.462. The van der Waals surface area contributed by atoms with Crippen molar-refractivity contribution in [1.29, 1.82) is 0 Å². The van der Waals surface area contributed by atoms with Crippen LogP contribution in [0.4, 0.5) is 11.4 Å². The van der Waals surface area contributed by atoms with Crippen molar-refractivity contribution in [2.24, 2.45) is 0 Å². The van der Waals surface area contributed by atoms with E-state index in [1.807, 2.05) is 0 Å². The zero-order valence-corrected chi connectivity index (χ0v) is 11.9. The molecule has 0 radical (unpaired) electrons. The smallest absolute Gasteiger partial charge is 0.226 e. The van der Waals surface area contributed by atoms with Crippen molar-refractivity contribution in [2.75, 3.05) is 17.7 Å². The van der Waals surface area contributed by atoms with E-state index in [4.69, 9.17) is 33.7 Å². The van der Waals surface area contributed by atoms with Crippen LogP contribution in [0.2, 0.25) is 10.0 Å². The topological polar surface area (TPSA) is 64.3 Å². The Morgan fingerprint density at radius 1 is 1.42 bits per heavy atom. The summed E-state index contributed by atoms with van der Waals surface area (Å²) in [5.74, 6) is -0.171. The largest absolute Gasteiger partial charge is 0.397 e. The quantitative estimate of drug-likeness (QED) is 0.819. The molecule has 104 valence electrons. The number of benzene rings is 1. The first-order chi connectivity index (χ1) is 9.06. The van der Waals surface area contributed by atoms with Gasteiger partial charge in [0.25, 0.3) is 0 Å². The van der Waals surface area contributed by atoms with Crippen LogP contribution < -0.4 is 11.1 Å². The Hall–Kier alpha value is -0.970. The molecule has 4 nitrogen and oxygen atoms in total. The van der Waals surface area contributed by atoms with Crippen molar-refractivity contribution in [3.8, 4) is 0 Å². The summed E-state index contributed by atoms with van der Waals surface area (Å²) in [5.41, 5.74) is 6.52. The highest BCUT2D eigenvalue weighted by Gasteiger charge is 2.18. The molecule has 0 atom stereocenters. The molecule has 2 rings (SSSR count). The summed E-state index contributed by atoms with van der Waals surface area (Å²) in [4.78, 5) is 11.8. The van der Waals surface area contributed by atoms with Gasteiger partial charge in [-0.2, -0.15) is 0 Å². The van der Waals surface area contributed by atoms with Crippen molar-refractivity contribution < 1.29 is 9.53 Å². The van der Waals surface area contributed by atoms with E-state index in [0.29, 0.717) is 34.1 Å². The molecular formula is C13H16Cl2N2O2. The Kier molecular flexibility index (Phi) is 4.91. The first-order valence-corrected chi connectivity index (χ1v) is 6.98. The van der Waals surface area contributed by atoms with E-state index in [2.05, 4.69) is 5.32 Å². The van der Waals surface area contributed by atoms with E-state index >= 15 is 0 Å². The van der Waals surface area contributed by atoms with Crippen LogP contribution >= 0.6 is 23.2 Å². The highest BCUT2D eigenvalue weighted by molar-refractivity contribution is 6.37. The average Bonchev–Trinajstić information content (AvgIpc) is 2.27. The molecule has 0 spiro atoms. The number of anilines is 2. The summed E-state index contributed by atoms with van der Waals surface area (Å²) in [6, 6.07) is 3.09. The van der Waals surface area contributed by atoms with Crippen molar-refractivity contribution in [3.63, 3.8) is 0 Å². The fourth-order valence-electron chi connectivity index (χ4n) is 1.78. The van der Waals surface area contributed by atoms with Crippen LogP contribution in [0, 0.1) is 0 Å². The molecule has 3 N–H and O–H groups in total. The number of carbonyl (C=O) groups is 1. The van der Waals surface area contributed by atoms with Crippen LogP contribution in [0.15, 0.2) is 12.1 Å².